The van der Waals surface area contributed by atoms with Crippen LogP contribution in [0.1, 0.15) is 5.69 Å². The van der Waals surface area contributed by atoms with Crippen molar-refractivity contribution in [2.24, 2.45) is 0 Å². The molecular formula is C9H10ClN5S. The fraction of sp³-hybridized carbons (Fsp3) is 0.222. The fourth-order valence-electron chi connectivity index (χ4n) is 1.11. The third-order valence-corrected chi connectivity index (χ3v) is 2.80. The molecule has 2 N–H and O–H groups in total. The smallest absolute Gasteiger partial charge is 0.224 e. The van der Waals surface area contributed by atoms with Crippen LogP contribution in [0.15, 0.2) is 17.1 Å². The van der Waals surface area contributed by atoms with Crippen molar-refractivity contribution in [3.05, 3.63) is 27.8 Å². The molecule has 7 heteroatoms. The van der Waals surface area contributed by atoms with Crippen LogP contribution in [0, 0.1) is 0 Å². The zero-order chi connectivity index (χ0) is 11.4. The zero-order valence-electron chi connectivity index (χ0n) is 8.57. The summed E-state index contributed by atoms with van der Waals surface area (Å²) in [5, 5.41) is 8.43. The van der Waals surface area contributed by atoms with Crippen LogP contribution in [0.2, 0.25) is 5.02 Å². The van der Waals surface area contributed by atoms with Gasteiger partial charge in [0, 0.05) is 12.4 Å². The first-order chi connectivity index (χ1) is 7.79. The molecule has 0 aliphatic carbocycles. The Kier molecular flexibility index (Phi) is 3.53. The minimum atomic E-state index is 0.495. The molecule has 2 heterocycles. The van der Waals surface area contributed by atoms with E-state index in [0.717, 1.165) is 5.69 Å². The Hall–Kier alpha value is -1.40. The van der Waals surface area contributed by atoms with E-state index in [4.69, 9.17) is 11.6 Å². The van der Waals surface area contributed by atoms with Crippen LogP contribution in [0.5, 0.6) is 0 Å². The molecule has 2 aromatic heterocycles. The summed E-state index contributed by atoms with van der Waals surface area (Å²) in [6, 6.07) is 0. The zero-order valence-corrected chi connectivity index (χ0v) is 10.1. The summed E-state index contributed by atoms with van der Waals surface area (Å²) < 4.78 is 0. The molecule has 0 radical (unpaired) electrons. The predicted octanol–water partition coefficient (Wildman–Crippen LogP) is 2.24. The molecule has 0 saturated carbocycles. The summed E-state index contributed by atoms with van der Waals surface area (Å²) in [7, 11) is 1.76. The summed E-state index contributed by atoms with van der Waals surface area (Å²) >= 11 is 7.52. The molecule has 0 aromatic carbocycles. The molecule has 0 aliphatic rings. The van der Waals surface area contributed by atoms with Gasteiger partial charge in [0.15, 0.2) is 5.82 Å². The van der Waals surface area contributed by atoms with Crippen LogP contribution >= 0.6 is 22.9 Å². The lowest BCUT2D eigenvalue weighted by Crippen LogP contribution is -2.05. The Morgan fingerprint density at radius 2 is 2.31 bits per heavy atom. The number of anilines is 2. The number of hydrogen-bond donors (Lipinski definition) is 2. The maximum atomic E-state index is 5.96. The second-order valence-electron chi connectivity index (χ2n) is 2.97. The van der Waals surface area contributed by atoms with Gasteiger partial charge in [-0.15, -0.1) is 11.3 Å². The molecule has 84 valence electrons. The highest BCUT2D eigenvalue weighted by atomic mass is 35.5. The Balaban J connectivity index is 2.08. The second kappa shape index (κ2) is 5.09. The maximum Gasteiger partial charge on any atom is 0.224 e. The summed E-state index contributed by atoms with van der Waals surface area (Å²) in [6.07, 6.45) is 1.56. The highest BCUT2D eigenvalue weighted by Gasteiger charge is 2.04. The average molecular weight is 256 g/mol. The Bertz CT molecular complexity index is 459. The maximum absolute atomic E-state index is 5.96. The number of hydrogen-bond acceptors (Lipinski definition) is 6. The van der Waals surface area contributed by atoms with Crippen molar-refractivity contribution >= 4 is 34.7 Å². The van der Waals surface area contributed by atoms with Gasteiger partial charge in [0.1, 0.15) is 5.02 Å². The van der Waals surface area contributed by atoms with Crippen LogP contribution in [-0.2, 0) is 6.54 Å². The number of nitrogens with zero attached hydrogens (tertiary/aromatic N) is 3. The molecule has 0 aliphatic heterocycles. The second-order valence-corrected chi connectivity index (χ2v) is 4.10. The Morgan fingerprint density at radius 1 is 1.44 bits per heavy atom. The van der Waals surface area contributed by atoms with Crippen LogP contribution in [0.3, 0.4) is 0 Å². The van der Waals surface area contributed by atoms with Crippen molar-refractivity contribution in [2.45, 2.75) is 6.54 Å². The van der Waals surface area contributed by atoms with Crippen LogP contribution in [-0.4, -0.2) is 22.0 Å². The van der Waals surface area contributed by atoms with E-state index in [0.29, 0.717) is 23.3 Å². The SMILES string of the molecule is CNc1ncc(Cl)c(NCc2cscn2)n1. The molecule has 0 saturated heterocycles. The van der Waals surface area contributed by atoms with E-state index in [1.807, 2.05) is 5.38 Å². The molecule has 2 rings (SSSR count). The van der Waals surface area contributed by atoms with Gasteiger partial charge >= 0.3 is 0 Å². The van der Waals surface area contributed by atoms with Crippen molar-refractivity contribution in [3.63, 3.8) is 0 Å². The van der Waals surface area contributed by atoms with E-state index in [9.17, 15) is 0 Å². The summed E-state index contributed by atoms with van der Waals surface area (Å²) in [5.41, 5.74) is 2.75. The number of rotatable bonds is 4. The van der Waals surface area contributed by atoms with Gasteiger partial charge in [-0.2, -0.15) is 4.98 Å². The Labute approximate surface area is 102 Å². The van der Waals surface area contributed by atoms with Crippen LogP contribution < -0.4 is 10.6 Å². The van der Waals surface area contributed by atoms with Crippen molar-refractivity contribution < 1.29 is 0 Å². The highest BCUT2D eigenvalue weighted by molar-refractivity contribution is 7.07. The Morgan fingerprint density at radius 3 is 3.00 bits per heavy atom. The fourth-order valence-corrected chi connectivity index (χ4v) is 1.83. The molecular weight excluding hydrogens is 246 g/mol. The topological polar surface area (TPSA) is 62.7 Å². The third kappa shape index (κ3) is 2.59. The predicted molar refractivity (Wildman–Crippen MR) is 66.0 cm³/mol. The summed E-state index contributed by atoms with van der Waals surface area (Å²) in [6.45, 7) is 0.601. The van der Waals surface area contributed by atoms with E-state index in [2.05, 4.69) is 25.6 Å². The normalized spacial score (nSPS) is 10.1. The average Bonchev–Trinajstić information content (AvgIpc) is 2.81. The van der Waals surface area contributed by atoms with Crippen molar-refractivity contribution in [2.75, 3.05) is 17.7 Å². The first-order valence-corrected chi connectivity index (χ1v) is 5.93. The van der Waals surface area contributed by atoms with Gasteiger partial charge in [-0.1, -0.05) is 11.6 Å². The summed E-state index contributed by atoms with van der Waals surface area (Å²) in [4.78, 5) is 12.4. The first kappa shape index (κ1) is 11.1. The lowest BCUT2D eigenvalue weighted by atomic mass is 10.4. The monoisotopic (exact) mass is 255 g/mol. The molecule has 0 bridgehead atoms. The molecule has 16 heavy (non-hydrogen) atoms. The number of halogens is 1. The summed E-state index contributed by atoms with van der Waals surface area (Å²) in [5.74, 6) is 1.14. The minimum absolute atomic E-state index is 0.495. The number of thiazole rings is 1. The quantitative estimate of drug-likeness (QED) is 0.877. The first-order valence-electron chi connectivity index (χ1n) is 4.61. The largest absolute Gasteiger partial charge is 0.363 e. The molecule has 0 atom stereocenters. The van der Waals surface area contributed by atoms with E-state index in [-0.39, 0.29) is 0 Å². The van der Waals surface area contributed by atoms with Gasteiger partial charge in [-0.05, 0) is 0 Å². The van der Waals surface area contributed by atoms with Crippen LogP contribution in [0.4, 0.5) is 11.8 Å². The number of nitrogens with one attached hydrogen (secondary N) is 2. The van der Waals surface area contributed by atoms with Crippen molar-refractivity contribution in [1.82, 2.24) is 15.0 Å². The van der Waals surface area contributed by atoms with Gasteiger partial charge in [0.2, 0.25) is 5.95 Å². The molecule has 0 unspecified atom stereocenters. The highest BCUT2D eigenvalue weighted by Crippen LogP contribution is 2.19. The van der Waals surface area contributed by atoms with E-state index in [1.54, 1.807) is 30.1 Å². The van der Waals surface area contributed by atoms with E-state index in [1.165, 1.54) is 0 Å². The lowest BCUT2D eigenvalue weighted by molar-refractivity contribution is 1.04. The molecule has 0 amide bonds. The van der Waals surface area contributed by atoms with Gasteiger partial charge in [-0.3, -0.25) is 0 Å². The van der Waals surface area contributed by atoms with E-state index < -0.39 is 0 Å². The lowest BCUT2D eigenvalue weighted by Gasteiger charge is -2.06. The van der Waals surface area contributed by atoms with Crippen molar-refractivity contribution in [1.29, 1.82) is 0 Å². The van der Waals surface area contributed by atoms with Crippen LogP contribution in [0.25, 0.3) is 0 Å². The third-order valence-electron chi connectivity index (χ3n) is 1.89. The number of aromatic nitrogens is 3. The van der Waals surface area contributed by atoms with Crippen molar-refractivity contribution in [3.8, 4) is 0 Å². The standard InChI is InChI=1S/C9H10ClN5S/c1-11-9-13-3-7(10)8(15-9)12-2-6-4-16-5-14-6/h3-5H,2H2,1H3,(H2,11,12,13,15). The molecule has 5 nitrogen and oxygen atoms in total. The molecule has 0 fully saturated rings. The van der Waals surface area contributed by atoms with E-state index >= 15 is 0 Å². The van der Waals surface area contributed by atoms with Gasteiger partial charge in [-0.25, -0.2) is 9.97 Å². The van der Waals surface area contributed by atoms with Gasteiger partial charge in [0.05, 0.1) is 23.9 Å². The minimum Gasteiger partial charge on any atom is -0.363 e. The van der Waals surface area contributed by atoms with Gasteiger partial charge < -0.3 is 10.6 Å². The molecule has 2 aromatic rings. The molecule has 0 spiro atoms. The van der Waals surface area contributed by atoms with Gasteiger partial charge in [0.25, 0.3) is 0 Å².